The molecule has 5 nitrogen and oxygen atoms in total. The predicted molar refractivity (Wildman–Crippen MR) is 104 cm³/mol. The fourth-order valence-electron chi connectivity index (χ4n) is 2.97. The lowest BCUT2D eigenvalue weighted by Gasteiger charge is -2.17. The minimum absolute atomic E-state index is 0.784. The summed E-state index contributed by atoms with van der Waals surface area (Å²) < 4.78 is 0. The predicted octanol–water partition coefficient (Wildman–Crippen LogP) is 4.51. The summed E-state index contributed by atoms with van der Waals surface area (Å²) in [6.07, 6.45) is 7.41. The van der Waals surface area contributed by atoms with Crippen LogP contribution in [0, 0.1) is 0 Å². The van der Waals surface area contributed by atoms with Gasteiger partial charge in [0.15, 0.2) is 0 Å². The number of thiazole rings is 1. The molecule has 0 saturated carbocycles. The van der Waals surface area contributed by atoms with Crippen LogP contribution in [0.2, 0.25) is 0 Å². The summed E-state index contributed by atoms with van der Waals surface area (Å²) in [7, 11) is 0. The average molecular weight is 351 g/mol. The van der Waals surface area contributed by atoms with Crippen LogP contribution in [-0.4, -0.2) is 28.0 Å². The highest BCUT2D eigenvalue weighted by Gasteiger charge is 2.12. The first-order valence-corrected chi connectivity index (χ1v) is 9.53. The first-order valence-electron chi connectivity index (χ1n) is 8.72. The maximum atomic E-state index is 4.67. The Hall–Kier alpha value is -2.47. The summed E-state index contributed by atoms with van der Waals surface area (Å²) in [5.74, 6) is 1.59. The molecule has 0 amide bonds. The summed E-state index contributed by atoms with van der Waals surface area (Å²) >= 11 is 1.69. The SMILES string of the molecule is CCc1cnc(-c2cccc(Nc3ccc(N4CCCC4)cn3)n2)s1. The van der Waals surface area contributed by atoms with Crippen molar-refractivity contribution in [2.75, 3.05) is 23.3 Å². The van der Waals surface area contributed by atoms with Crippen LogP contribution in [0.15, 0.2) is 42.7 Å². The van der Waals surface area contributed by atoms with Crippen LogP contribution in [0.4, 0.5) is 17.3 Å². The van der Waals surface area contributed by atoms with E-state index in [0.717, 1.165) is 41.8 Å². The van der Waals surface area contributed by atoms with Crippen molar-refractivity contribution in [3.05, 3.63) is 47.6 Å². The number of nitrogens with zero attached hydrogens (tertiary/aromatic N) is 4. The molecule has 1 aliphatic heterocycles. The monoisotopic (exact) mass is 351 g/mol. The molecule has 1 aliphatic rings. The number of pyridine rings is 2. The van der Waals surface area contributed by atoms with Crippen molar-refractivity contribution in [3.8, 4) is 10.7 Å². The molecule has 1 N–H and O–H groups in total. The molecule has 25 heavy (non-hydrogen) atoms. The van der Waals surface area contributed by atoms with E-state index in [4.69, 9.17) is 0 Å². The zero-order valence-electron chi connectivity index (χ0n) is 14.3. The minimum Gasteiger partial charge on any atom is -0.370 e. The molecule has 6 heteroatoms. The Bertz CT molecular complexity index is 837. The van der Waals surface area contributed by atoms with Gasteiger partial charge in [-0.15, -0.1) is 11.3 Å². The number of aryl methyl sites for hydroxylation is 1. The summed E-state index contributed by atoms with van der Waals surface area (Å²) in [6, 6.07) is 10.1. The van der Waals surface area contributed by atoms with E-state index in [1.807, 2.05) is 36.7 Å². The van der Waals surface area contributed by atoms with Gasteiger partial charge in [0.2, 0.25) is 0 Å². The number of aromatic nitrogens is 3. The second-order valence-electron chi connectivity index (χ2n) is 6.11. The van der Waals surface area contributed by atoms with Crippen LogP contribution < -0.4 is 10.2 Å². The number of hydrogen-bond donors (Lipinski definition) is 1. The molecule has 4 heterocycles. The summed E-state index contributed by atoms with van der Waals surface area (Å²) in [5, 5.41) is 4.25. The van der Waals surface area contributed by atoms with Crippen molar-refractivity contribution in [1.29, 1.82) is 0 Å². The second-order valence-corrected chi connectivity index (χ2v) is 7.23. The van der Waals surface area contributed by atoms with E-state index in [1.165, 1.54) is 23.4 Å². The van der Waals surface area contributed by atoms with Crippen molar-refractivity contribution in [2.45, 2.75) is 26.2 Å². The van der Waals surface area contributed by atoms with E-state index in [-0.39, 0.29) is 0 Å². The van der Waals surface area contributed by atoms with Crippen molar-refractivity contribution < 1.29 is 0 Å². The molecule has 0 radical (unpaired) electrons. The Morgan fingerprint density at radius 2 is 1.92 bits per heavy atom. The molecule has 0 bridgehead atoms. The Morgan fingerprint density at radius 3 is 2.64 bits per heavy atom. The topological polar surface area (TPSA) is 53.9 Å². The van der Waals surface area contributed by atoms with Crippen LogP contribution in [0.25, 0.3) is 10.7 Å². The summed E-state index contributed by atoms with van der Waals surface area (Å²) in [4.78, 5) is 17.3. The van der Waals surface area contributed by atoms with E-state index in [2.05, 4.69) is 38.2 Å². The van der Waals surface area contributed by atoms with E-state index in [1.54, 1.807) is 11.3 Å². The van der Waals surface area contributed by atoms with Gasteiger partial charge in [0.25, 0.3) is 0 Å². The van der Waals surface area contributed by atoms with Gasteiger partial charge in [-0.05, 0) is 43.5 Å². The molecular formula is C19H21N5S. The highest BCUT2D eigenvalue weighted by Crippen LogP contribution is 2.26. The molecular weight excluding hydrogens is 330 g/mol. The Morgan fingerprint density at radius 1 is 1.04 bits per heavy atom. The standard InChI is InChI=1S/C19H21N5S/c1-2-15-13-21-19(25-15)16-6-5-7-18(22-16)23-17-9-8-14(12-20-17)24-10-3-4-11-24/h5-9,12-13H,2-4,10-11H2,1H3,(H,20,22,23). The first-order chi connectivity index (χ1) is 12.3. The minimum atomic E-state index is 0.784. The van der Waals surface area contributed by atoms with Crippen LogP contribution in [0.3, 0.4) is 0 Å². The molecule has 1 saturated heterocycles. The third kappa shape index (κ3) is 3.64. The zero-order valence-corrected chi connectivity index (χ0v) is 15.1. The number of anilines is 3. The molecule has 1 fully saturated rings. The van der Waals surface area contributed by atoms with Crippen LogP contribution in [-0.2, 0) is 6.42 Å². The average Bonchev–Trinajstić information content (AvgIpc) is 3.34. The van der Waals surface area contributed by atoms with Gasteiger partial charge in [0, 0.05) is 24.2 Å². The maximum Gasteiger partial charge on any atom is 0.142 e. The molecule has 0 aromatic carbocycles. The molecule has 0 spiro atoms. The molecule has 3 aromatic heterocycles. The van der Waals surface area contributed by atoms with Gasteiger partial charge < -0.3 is 10.2 Å². The fraction of sp³-hybridized carbons (Fsp3) is 0.316. The highest BCUT2D eigenvalue weighted by molar-refractivity contribution is 7.14. The Labute approximate surface area is 151 Å². The van der Waals surface area contributed by atoms with Crippen molar-refractivity contribution in [3.63, 3.8) is 0 Å². The molecule has 0 atom stereocenters. The number of nitrogens with one attached hydrogen (secondary N) is 1. The van der Waals surface area contributed by atoms with Gasteiger partial charge in [-0.3, -0.25) is 0 Å². The number of rotatable bonds is 5. The normalized spacial score (nSPS) is 14.0. The molecule has 0 unspecified atom stereocenters. The van der Waals surface area contributed by atoms with E-state index in [9.17, 15) is 0 Å². The number of hydrogen-bond acceptors (Lipinski definition) is 6. The third-order valence-electron chi connectivity index (χ3n) is 4.35. The molecule has 3 aromatic rings. The van der Waals surface area contributed by atoms with Gasteiger partial charge in [-0.25, -0.2) is 15.0 Å². The molecule has 128 valence electrons. The Balaban J connectivity index is 1.49. The fourth-order valence-corrected chi connectivity index (χ4v) is 3.79. The van der Waals surface area contributed by atoms with Crippen LogP contribution in [0.1, 0.15) is 24.6 Å². The lowest BCUT2D eigenvalue weighted by molar-refractivity contribution is 0.949. The lowest BCUT2D eigenvalue weighted by Crippen LogP contribution is -2.17. The van der Waals surface area contributed by atoms with Crippen molar-refractivity contribution in [1.82, 2.24) is 15.0 Å². The van der Waals surface area contributed by atoms with Gasteiger partial charge in [-0.2, -0.15) is 0 Å². The van der Waals surface area contributed by atoms with Gasteiger partial charge in [0.1, 0.15) is 22.3 Å². The van der Waals surface area contributed by atoms with E-state index in [0.29, 0.717) is 0 Å². The Kier molecular flexibility index (Phi) is 4.61. The van der Waals surface area contributed by atoms with Crippen LogP contribution in [0.5, 0.6) is 0 Å². The smallest absolute Gasteiger partial charge is 0.142 e. The van der Waals surface area contributed by atoms with Crippen LogP contribution >= 0.6 is 11.3 Å². The van der Waals surface area contributed by atoms with Gasteiger partial charge in [0.05, 0.1) is 11.9 Å². The summed E-state index contributed by atoms with van der Waals surface area (Å²) in [5.41, 5.74) is 2.09. The lowest BCUT2D eigenvalue weighted by atomic mass is 10.3. The largest absolute Gasteiger partial charge is 0.370 e. The maximum absolute atomic E-state index is 4.67. The van der Waals surface area contributed by atoms with E-state index >= 15 is 0 Å². The molecule has 0 aliphatic carbocycles. The van der Waals surface area contributed by atoms with Gasteiger partial charge in [-0.1, -0.05) is 13.0 Å². The molecule has 4 rings (SSSR count). The summed E-state index contributed by atoms with van der Waals surface area (Å²) in [6.45, 7) is 4.40. The third-order valence-corrected chi connectivity index (χ3v) is 5.51. The quantitative estimate of drug-likeness (QED) is 0.733. The van der Waals surface area contributed by atoms with E-state index < -0.39 is 0 Å². The van der Waals surface area contributed by atoms with Crippen molar-refractivity contribution >= 4 is 28.7 Å². The van der Waals surface area contributed by atoms with Gasteiger partial charge >= 0.3 is 0 Å². The second kappa shape index (κ2) is 7.19. The first kappa shape index (κ1) is 16.0. The zero-order chi connectivity index (χ0) is 17.1. The van der Waals surface area contributed by atoms with Crippen molar-refractivity contribution in [2.24, 2.45) is 0 Å². The highest BCUT2D eigenvalue weighted by atomic mass is 32.1.